The number of hydrogen-bond donors (Lipinski definition) is 1. The van der Waals surface area contributed by atoms with Crippen molar-refractivity contribution in [2.75, 3.05) is 26.9 Å². The molecule has 0 aromatic heterocycles. The number of nitrogens with zero attached hydrogens (tertiary/aromatic N) is 1. The second kappa shape index (κ2) is 10.2. The van der Waals surface area contributed by atoms with E-state index in [-0.39, 0.29) is 17.4 Å². The molecule has 0 aliphatic carbocycles. The second-order valence-electron chi connectivity index (χ2n) is 9.00. The molecule has 7 heteroatoms. The number of rotatable bonds is 7. The molecule has 4 unspecified atom stereocenters. The van der Waals surface area contributed by atoms with Crippen LogP contribution >= 0.6 is 0 Å². The number of likely N-dealkylation sites (tertiary alicyclic amines) is 1. The van der Waals surface area contributed by atoms with Crippen LogP contribution in [0.15, 0.2) is 24.3 Å². The first-order valence-electron chi connectivity index (χ1n) is 10.5. The maximum absolute atomic E-state index is 12.8. The number of methoxy groups -OCH3 is 1. The molecule has 168 valence electrons. The second-order valence-corrected chi connectivity index (χ2v) is 9.00. The number of carbonyl (C=O) groups excluding carboxylic acids is 1. The molecule has 0 radical (unpaired) electrons. The van der Waals surface area contributed by atoms with E-state index < -0.39 is 24.0 Å². The standard InChI is InChI=1S/C23H35NO6/c1-15-20(21(25)26)19(17-8-7-9-18(14-17)29-13-12-28-6)10-11-24(15)22(27)30-16(2)23(3,4)5/h7-9,14-16,19-20H,10-13H2,1-6H3,(H,25,26). The molecule has 7 nitrogen and oxygen atoms in total. The molecule has 30 heavy (non-hydrogen) atoms. The fourth-order valence-corrected chi connectivity index (χ4v) is 3.67. The van der Waals surface area contributed by atoms with E-state index in [1.807, 2.05) is 52.0 Å². The van der Waals surface area contributed by atoms with Crippen LogP contribution in [0.5, 0.6) is 5.75 Å². The average molecular weight is 422 g/mol. The number of benzene rings is 1. The number of hydrogen-bond acceptors (Lipinski definition) is 5. The highest BCUT2D eigenvalue weighted by molar-refractivity contribution is 5.75. The first kappa shape index (κ1) is 24.0. The molecule has 1 amide bonds. The Hall–Kier alpha value is -2.28. The quantitative estimate of drug-likeness (QED) is 0.666. The van der Waals surface area contributed by atoms with Crippen LogP contribution in [-0.4, -0.2) is 61.1 Å². The molecule has 4 atom stereocenters. The average Bonchev–Trinajstić information content (AvgIpc) is 2.67. The third-order valence-corrected chi connectivity index (χ3v) is 5.99. The van der Waals surface area contributed by atoms with Crippen LogP contribution in [0.3, 0.4) is 0 Å². The smallest absolute Gasteiger partial charge is 0.410 e. The van der Waals surface area contributed by atoms with Gasteiger partial charge in [0.2, 0.25) is 0 Å². The number of carboxylic acid groups (broad SMARTS) is 1. The zero-order valence-electron chi connectivity index (χ0n) is 18.9. The summed E-state index contributed by atoms with van der Waals surface area (Å²) in [6, 6.07) is 7.04. The summed E-state index contributed by atoms with van der Waals surface area (Å²) in [5.41, 5.74) is 0.715. The van der Waals surface area contributed by atoms with Gasteiger partial charge < -0.3 is 24.2 Å². The van der Waals surface area contributed by atoms with Crippen LogP contribution in [0.4, 0.5) is 4.79 Å². The summed E-state index contributed by atoms with van der Waals surface area (Å²) in [7, 11) is 1.61. The first-order valence-corrected chi connectivity index (χ1v) is 10.5. The van der Waals surface area contributed by atoms with Crippen molar-refractivity contribution in [2.24, 2.45) is 11.3 Å². The number of ether oxygens (including phenoxy) is 3. The van der Waals surface area contributed by atoms with Gasteiger partial charge in [-0.1, -0.05) is 32.9 Å². The van der Waals surface area contributed by atoms with Crippen LogP contribution in [0.25, 0.3) is 0 Å². The molecule has 2 rings (SSSR count). The van der Waals surface area contributed by atoms with Crippen molar-refractivity contribution in [3.63, 3.8) is 0 Å². The van der Waals surface area contributed by atoms with Gasteiger partial charge in [-0.3, -0.25) is 4.79 Å². The highest BCUT2D eigenvalue weighted by Crippen LogP contribution is 2.38. The Balaban J connectivity index is 2.17. The molecule has 0 bridgehead atoms. The Kier molecular flexibility index (Phi) is 8.12. The molecule has 1 aromatic carbocycles. The fraction of sp³-hybridized carbons (Fsp3) is 0.652. The molecule has 0 saturated carbocycles. The predicted octanol–water partition coefficient (Wildman–Crippen LogP) is 4.16. The molecule has 1 N–H and O–H groups in total. The van der Waals surface area contributed by atoms with E-state index in [9.17, 15) is 14.7 Å². The van der Waals surface area contributed by atoms with Gasteiger partial charge in [-0.15, -0.1) is 0 Å². The number of carboxylic acids is 1. The Morgan fingerprint density at radius 1 is 1.27 bits per heavy atom. The number of amides is 1. The Bertz CT molecular complexity index is 729. The van der Waals surface area contributed by atoms with Crippen LogP contribution < -0.4 is 4.74 Å². The Labute approximate surface area is 179 Å². The van der Waals surface area contributed by atoms with E-state index >= 15 is 0 Å². The third kappa shape index (κ3) is 5.88. The Morgan fingerprint density at radius 2 is 1.97 bits per heavy atom. The molecule has 1 aliphatic rings. The molecule has 1 heterocycles. The van der Waals surface area contributed by atoms with Gasteiger partial charge in [0.05, 0.1) is 12.5 Å². The van der Waals surface area contributed by atoms with Gasteiger partial charge in [0, 0.05) is 25.6 Å². The van der Waals surface area contributed by atoms with E-state index in [0.717, 1.165) is 5.56 Å². The van der Waals surface area contributed by atoms with Crippen LogP contribution in [0.1, 0.15) is 52.5 Å². The van der Waals surface area contributed by atoms with Crippen LogP contribution in [0.2, 0.25) is 0 Å². The van der Waals surface area contributed by atoms with Crippen LogP contribution in [-0.2, 0) is 14.3 Å². The van der Waals surface area contributed by atoms with E-state index in [0.29, 0.717) is 31.9 Å². The molecular formula is C23H35NO6. The van der Waals surface area contributed by atoms with Crippen LogP contribution in [0, 0.1) is 11.3 Å². The predicted molar refractivity (Wildman–Crippen MR) is 114 cm³/mol. The summed E-state index contributed by atoms with van der Waals surface area (Å²) in [4.78, 5) is 26.5. The van der Waals surface area contributed by atoms with Gasteiger partial charge in [0.25, 0.3) is 0 Å². The monoisotopic (exact) mass is 421 g/mol. The van der Waals surface area contributed by atoms with Crippen molar-refractivity contribution >= 4 is 12.1 Å². The lowest BCUT2D eigenvalue weighted by atomic mass is 9.76. The number of piperidine rings is 1. The largest absolute Gasteiger partial charge is 0.491 e. The Morgan fingerprint density at radius 3 is 2.57 bits per heavy atom. The van der Waals surface area contributed by atoms with E-state index in [1.165, 1.54) is 0 Å². The third-order valence-electron chi connectivity index (χ3n) is 5.99. The molecule has 1 fully saturated rings. The highest BCUT2D eigenvalue weighted by atomic mass is 16.6. The molecule has 1 aliphatic heterocycles. The topological polar surface area (TPSA) is 85.3 Å². The lowest BCUT2D eigenvalue weighted by molar-refractivity contribution is -0.146. The highest BCUT2D eigenvalue weighted by Gasteiger charge is 2.43. The number of carbonyl (C=O) groups is 2. The summed E-state index contributed by atoms with van der Waals surface area (Å²) < 4.78 is 16.3. The maximum atomic E-state index is 12.8. The minimum atomic E-state index is -0.917. The van der Waals surface area contributed by atoms with Crippen molar-refractivity contribution in [1.82, 2.24) is 4.90 Å². The molecule has 1 aromatic rings. The normalized spacial score (nSPS) is 23.0. The van der Waals surface area contributed by atoms with E-state index in [1.54, 1.807) is 18.9 Å². The van der Waals surface area contributed by atoms with Gasteiger partial charge in [0.15, 0.2) is 0 Å². The zero-order valence-corrected chi connectivity index (χ0v) is 18.9. The van der Waals surface area contributed by atoms with Gasteiger partial charge in [-0.25, -0.2) is 4.79 Å². The summed E-state index contributed by atoms with van der Waals surface area (Å²) >= 11 is 0. The van der Waals surface area contributed by atoms with E-state index in [4.69, 9.17) is 14.2 Å². The maximum Gasteiger partial charge on any atom is 0.410 e. The molecule has 0 spiro atoms. The van der Waals surface area contributed by atoms with Gasteiger partial charge in [-0.05, 0) is 43.4 Å². The van der Waals surface area contributed by atoms with Crippen molar-refractivity contribution in [1.29, 1.82) is 0 Å². The molecular weight excluding hydrogens is 386 g/mol. The zero-order chi connectivity index (χ0) is 22.5. The van der Waals surface area contributed by atoms with E-state index in [2.05, 4.69) is 0 Å². The van der Waals surface area contributed by atoms with Crippen molar-refractivity contribution in [2.45, 2.75) is 59.1 Å². The van der Waals surface area contributed by atoms with Crippen molar-refractivity contribution in [3.8, 4) is 5.75 Å². The van der Waals surface area contributed by atoms with Gasteiger partial charge in [0.1, 0.15) is 18.5 Å². The van der Waals surface area contributed by atoms with Crippen molar-refractivity contribution in [3.05, 3.63) is 29.8 Å². The number of aliphatic carboxylic acids is 1. The minimum absolute atomic E-state index is 0.188. The first-order chi connectivity index (χ1) is 14.1. The van der Waals surface area contributed by atoms with Gasteiger partial charge >= 0.3 is 12.1 Å². The summed E-state index contributed by atoms with van der Waals surface area (Å²) in [5, 5.41) is 9.97. The summed E-state index contributed by atoms with van der Waals surface area (Å²) in [6.45, 7) is 11.0. The lowest BCUT2D eigenvalue weighted by Gasteiger charge is -2.42. The lowest BCUT2D eigenvalue weighted by Crippen LogP contribution is -2.53. The molecule has 1 saturated heterocycles. The summed E-state index contributed by atoms with van der Waals surface area (Å²) in [5.74, 6) is -1.18. The van der Waals surface area contributed by atoms with Gasteiger partial charge in [-0.2, -0.15) is 0 Å². The summed E-state index contributed by atoms with van der Waals surface area (Å²) in [6.07, 6.45) is -0.188. The fourth-order valence-electron chi connectivity index (χ4n) is 3.67. The SMILES string of the molecule is COCCOc1cccc(C2CCN(C(=O)OC(C)C(C)(C)C)C(C)C2C(=O)O)c1. The van der Waals surface area contributed by atoms with Crippen molar-refractivity contribution < 1.29 is 28.9 Å². The minimum Gasteiger partial charge on any atom is -0.491 e.